The van der Waals surface area contributed by atoms with Gasteiger partial charge in [0.1, 0.15) is 10.0 Å². The van der Waals surface area contributed by atoms with Gasteiger partial charge in [-0.05, 0) is 47.3 Å². The van der Waals surface area contributed by atoms with Gasteiger partial charge in [0.15, 0.2) is 0 Å². The molecule has 1 aromatic heterocycles. The van der Waals surface area contributed by atoms with Crippen molar-refractivity contribution in [3.63, 3.8) is 0 Å². The fraction of sp³-hybridized carbons (Fsp3) is 0.333. The van der Waals surface area contributed by atoms with Crippen LogP contribution in [-0.2, 0) is 6.42 Å². The van der Waals surface area contributed by atoms with Gasteiger partial charge in [-0.25, -0.2) is 0 Å². The Bertz CT molecular complexity index is 530. The fourth-order valence-corrected chi connectivity index (χ4v) is 3.42. The Morgan fingerprint density at radius 1 is 1.39 bits per heavy atom. The van der Waals surface area contributed by atoms with E-state index in [0.717, 1.165) is 39.6 Å². The van der Waals surface area contributed by atoms with Crippen LogP contribution in [0.5, 0.6) is 0 Å². The number of likely N-dealkylation sites (N-methyl/N-ethyl adjacent to an activating group) is 1. The summed E-state index contributed by atoms with van der Waals surface area (Å²) >= 11 is 7.54. The molecule has 2 rings (SSSR count). The quantitative estimate of drug-likeness (QED) is 0.572. The van der Waals surface area contributed by atoms with Gasteiger partial charge in [0, 0.05) is 26.6 Å². The van der Waals surface area contributed by atoms with Gasteiger partial charge in [0.2, 0.25) is 0 Å². The normalized spacial score (nSPS) is 10.8. The summed E-state index contributed by atoms with van der Waals surface area (Å²) in [6.45, 7) is 4.06. The van der Waals surface area contributed by atoms with E-state index in [1.54, 1.807) is 11.3 Å². The monoisotopic (exact) mass is 437 g/mol. The number of nitrogens with one attached hydrogen (secondary N) is 1. The summed E-state index contributed by atoms with van der Waals surface area (Å²) in [6, 6.07) is 6.25. The zero-order valence-corrected chi connectivity index (χ0v) is 14.5. The van der Waals surface area contributed by atoms with Crippen LogP contribution >= 0.6 is 49.9 Å². The van der Waals surface area contributed by atoms with Crippen molar-refractivity contribution in [1.29, 1.82) is 0 Å². The maximum atomic E-state index is 4.27. The predicted octanol–water partition coefficient (Wildman–Crippen LogP) is 3.72. The highest BCUT2D eigenvalue weighted by atomic mass is 127. The van der Waals surface area contributed by atoms with E-state index < -0.39 is 0 Å². The molecule has 0 fully saturated rings. The van der Waals surface area contributed by atoms with Crippen LogP contribution in [0.2, 0.25) is 0 Å². The van der Waals surface area contributed by atoms with Crippen LogP contribution in [0.25, 0.3) is 10.6 Å². The summed E-state index contributed by atoms with van der Waals surface area (Å²) < 4.78 is 2.27. The van der Waals surface area contributed by atoms with Gasteiger partial charge in [-0.15, -0.1) is 10.2 Å². The number of aromatic nitrogens is 2. The molecule has 0 aliphatic rings. The molecule has 3 nitrogen and oxygen atoms in total. The van der Waals surface area contributed by atoms with Crippen molar-refractivity contribution in [2.45, 2.75) is 13.3 Å². The smallest absolute Gasteiger partial charge is 0.148 e. The summed E-state index contributed by atoms with van der Waals surface area (Å²) in [4.78, 5) is 0. The molecule has 0 radical (unpaired) electrons. The lowest BCUT2D eigenvalue weighted by atomic mass is 10.2. The Kier molecular flexibility index (Phi) is 5.53. The minimum absolute atomic E-state index is 0.938. The second kappa shape index (κ2) is 6.93. The maximum Gasteiger partial charge on any atom is 0.148 e. The van der Waals surface area contributed by atoms with Crippen molar-refractivity contribution in [3.8, 4) is 10.6 Å². The summed E-state index contributed by atoms with van der Waals surface area (Å²) in [5.74, 6) is 0. The molecule has 0 aliphatic carbocycles. The molecule has 0 unspecified atom stereocenters. The first-order chi connectivity index (χ1) is 8.70. The Morgan fingerprint density at radius 2 is 2.22 bits per heavy atom. The number of halogens is 2. The lowest BCUT2D eigenvalue weighted by Crippen LogP contribution is -2.15. The predicted molar refractivity (Wildman–Crippen MR) is 88.0 cm³/mol. The average molecular weight is 438 g/mol. The van der Waals surface area contributed by atoms with Crippen LogP contribution in [0.1, 0.15) is 11.9 Å². The van der Waals surface area contributed by atoms with Crippen molar-refractivity contribution in [3.05, 3.63) is 31.2 Å². The van der Waals surface area contributed by atoms with Crippen molar-refractivity contribution in [2.75, 3.05) is 13.1 Å². The van der Waals surface area contributed by atoms with Gasteiger partial charge in [-0.3, -0.25) is 0 Å². The van der Waals surface area contributed by atoms with E-state index in [4.69, 9.17) is 0 Å². The van der Waals surface area contributed by atoms with Gasteiger partial charge in [0.05, 0.1) is 0 Å². The zero-order chi connectivity index (χ0) is 13.0. The SMILES string of the molecule is CCNCCc1nnc(-c2cc(I)ccc2Br)s1. The molecule has 1 aromatic carbocycles. The second-order valence-electron chi connectivity index (χ2n) is 3.73. The molecule has 1 heterocycles. The standard InChI is InChI=1S/C12H13BrIN3S/c1-2-15-6-5-11-16-17-12(18-11)9-7-8(14)3-4-10(9)13/h3-4,7,15H,2,5-6H2,1H3. The topological polar surface area (TPSA) is 37.8 Å². The van der Waals surface area contributed by atoms with Crippen LogP contribution in [0.4, 0.5) is 0 Å². The number of hydrogen-bond donors (Lipinski definition) is 1. The molecule has 0 bridgehead atoms. The number of benzene rings is 1. The third kappa shape index (κ3) is 3.72. The molecule has 0 atom stereocenters. The molecule has 18 heavy (non-hydrogen) atoms. The lowest BCUT2D eigenvalue weighted by molar-refractivity contribution is 0.710. The van der Waals surface area contributed by atoms with Gasteiger partial charge < -0.3 is 5.32 Å². The van der Waals surface area contributed by atoms with Gasteiger partial charge >= 0.3 is 0 Å². The van der Waals surface area contributed by atoms with Crippen LogP contribution in [0, 0.1) is 3.57 Å². The van der Waals surface area contributed by atoms with E-state index in [-0.39, 0.29) is 0 Å². The minimum atomic E-state index is 0.938. The van der Waals surface area contributed by atoms with Crippen molar-refractivity contribution in [2.24, 2.45) is 0 Å². The average Bonchev–Trinajstić information content (AvgIpc) is 2.81. The van der Waals surface area contributed by atoms with E-state index in [1.807, 2.05) is 0 Å². The van der Waals surface area contributed by atoms with E-state index in [1.165, 1.54) is 3.57 Å². The second-order valence-corrected chi connectivity index (χ2v) is 6.89. The lowest BCUT2D eigenvalue weighted by Gasteiger charge is -2.00. The summed E-state index contributed by atoms with van der Waals surface area (Å²) in [7, 11) is 0. The number of nitrogens with zero attached hydrogens (tertiary/aromatic N) is 2. The zero-order valence-electron chi connectivity index (χ0n) is 9.91. The first-order valence-corrected chi connectivity index (χ1v) is 8.38. The molecule has 0 saturated heterocycles. The third-order valence-corrected chi connectivity index (χ3v) is 4.77. The minimum Gasteiger partial charge on any atom is -0.317 e. The third-order valence-electron chi connectivity index (χ3n) is 2.39. The Morgan fingerprint density at radius 3 is 3.00 bits per heavy atom. The highest BCUT2D eigenvalue weighted by molar-refractivity contribution is 14.1. The van der Waals surface area contributed by atoms with E-state index in [9.17, 15) is 0 Å². The van der Waals surface area contributed by atoms with Crippen molar-refractivity contribution < 1.29 is 0 Å². The van der Waals surface area contributed by atoms with E-state index in [2.05, 4.69) is 79.2 Å². The molecule has 2 aromatic rings. The van der Waals surface area contributed by atoms with Gasteiger partial charge in [0.25, 0.3) is 0 Å². The largest absolute Gasteiger partial charge is 0.317 e. The fourth-order valence-electron chi connectivity index (χ4n) is 1.50. The van der Waals surface area contributed by atoms with Crippen molar-refractivity contribution in [1.82, 2.24) is 15.5 Å². The summed E-state index contributed by atoms with van der Waals surface area (Å²) in [5.41, 5.74) is 1.12. The molecule has 0 amide bonds. The number of hydrogen-bond acceptors (Lipinski definition) is 4. The molecule has 0 spiro atoms. The molecule has 1 N–H and O–H groups in total. The number of rotatable bonds is 5. The van der Waals surface area contributed by atoms with Crippen LogP contribution in [0.3, 0.4) is 0 Å². The first-order valence-electron chi connectivity index (χ1n) is 5.69. The summed E-state index contributed by atoms with van der Waals surface area (Å²) in [5, 5.41) is 13.9. The maximum absolute atomic E-state index is 4.27. The highest BCUT2D eigenvalue weighted by Gasteiger charge is 2.10. The molecule has 96 valence electrons. The van der Waals surface area contributed by atoms with Gasteiger partial charge in [-0.1, -0.05) is 34.2 Å². The van der Waals surface area contributed by atoms with Crippen molar-refractivity contribution >= 4 is 49.9 Å². The molecule has 0 aliphatic heterocycles. The molecular weight excluding hydrogens is 425 g/mol. The Hall–Kier alpha value is -0.0500. The van der Waals surface area contributed by atoms with Gasteiger partial charge in [-0.2, -0.15) is 0 Å². The highest BCUT2D eigenvalue weighted by Crippen LogP contribution is 2.31. The van der Waals surface area contributed by atoms with E-state index >= 15 is 0 Å². The molecule has 0 saturated carbocycles. The summed E-state index contributed by atoms with van der Waals surface area (Å²) in [6.07, 6.45) is 0.938. The first kappa shape index (κ1) is 14.4. The van der Waals surface area contributed by atoms with E-state index in [0.29, 0.717) is 0 Å². The Balaban J connectivity index is 2.16. The molecule has 6 heteroatoms. The van der Waals surface area contributed by atoms with Crippen LogP contribution in [-0.4, -0.2) is 23.3 Å². The van der Waals surface area contributed by atoms with Crippen LogP contribution in [0.15, 0.2) is 22.7 Å². The van der Waals surface area contributed by atoms with Crippen LogP contribution < -0.4 is 5.32 Å². The molecular formula is C12H13BrIN3S. The Labute approximate surface area is 133 Å².